The second-order valence-corrected chi connectivity index (χ2v) is 5.61. The van der Waals surface area contributed by atoms with Gasteiger partial charge in [0.15, 0.2) is 0 Å². The molecule has 0 aliphatic carbocycles. The van der Waals surface area contributed by atoms with E-state index in [0.717, 1.165) is 5.69 Å². The lowest BCUT2D eigenvalue weighted by Crippen LogP contribution is -2.51. The van der Waals surface area contributed by atoms with Crippen LogP contribution >= 0.6 is 0 Å². The van der Waals surface area contributed by atoms with Gasteiger partial charge in [-0.15, -0.1) is 0 Å². The van der Waals surface area contributed by atoms with Crippen molar-refractivity contribution in [3.8, 4) is 0 Å². The number of hydrogen-bond donors (Lipinski definition) is 2. The minimum absolute atomic E-state index is 0.0783. The van der Waals surface area contributed by atoms with Crippen LogP contribution in [0.1, 0.15) is 12.8 Å². The minimum Gasteiger partial charge on any atom is -0.475 e. The fourth-order valence-corrected chi connectivity index (χ4v) is 2.33. The van der Waals surface area contributed by atoms with Gasteiger partial charge in [0.2, 0.25) is 0 Å². The molecule has 2 N–H and O–H groups in total. The number of hydrogen-bond acceptors (Lipinski definition) is 4. The van der Waals surface area contributed by atoms with Crippen LogP contribution in [-0.2, 0) is 11.8 Å². The minimum atomic E-state index is -5.08. The molecule has 1 aromatic heterocycles. The lowest BCUT2D eigenvalue weighted by molar-refractivity contribution is -0.192. The number of alkyl halides is 6. The Bertz CT molecular complexity index is 572. The molecular weight excluding hydrogens is 358 g/mol. The first-order chi connectivity index (χ1) is 11.3. The van der Waals surface area contributed by atoms with E-state index in [1.807, 2.05) is 0 Å². The molecule has 1 saturated heterocycles. The maximum atomic E-state index is 12.8. The molecule has 2 unspecified atom stereocenters. The van der Waals surface area contributed by atoms with E-state index in [9.17, 15) is 26.3 Å². The number of aryl methyl sites for hydroxylation is 1. The van der Waals surface area contributed by atoms with Crippen molar-refractivity contribution < 1.29 is 36.2 Å². The summed E-state index contributed by atoms with van der Waals surface area (Å²) in [4.78, 5) is 10.3. The smallest absolute Gasteiger partial charge is 0.475 e. The Morgan fingerprint density at radius 2 is 1.84 bits per heavy atom. The van der Waals surface area contributed by atoms with E-state index in [-0.39, 0.29) is 12.5 Å². The summed E-state index contributed by atoms with van der Waals surface area (Å²) in [6.45, 7) is 0.447. The van der Waals surface area contributed by atoms with Crippen LogP contribution in [0.5, 0.6) is 0 Å². The number of carboxylic acids is 1. The number of nitrogens with zero attached hydrogens (tertiary/aromatic N) is 3. The van der Waals surface area contributed by atoms with Gasteiger partial charge in [-0.25, -0.2) is 4.79 Å². The van der Waals surface area contributed by atoms with Gasteiger partial charge in [0.25, 0.3) is 0 Å². The molecule has 1 fully saturated rings. The summed E-state index contributed by atoms with van der Waals surface area (Å²) < 4.78 is 71.8. The Morgan fingerprint density at radius 3 is 2.24 bits per heavy atom. The van der Waals surface area contributed by atoms with Crippen LogP contribution in [0.4, 0.5) is 32.0 Å². The molecule has 0 saturated carbocycles. The zero-order valence-corrected chi connectivity index (χ0v) is 13.4. The highest BCUT2D eigenvalue weighted by Crippen LogP contribution is 2.31. The summed E-state index contributed by atoms with van der Waals surface area (Å²) in [6.07, 6.45) is -5.07. The molecule has 25 heavy (non-hydrogen) atoms. The van der Waals surface area contributed by atoms with Crippen molar-refractivity contribution in [3.05, 3.63) is 12.4 Å². The molecule has 1 aromatic rings. The number of rotatable bonds is 2. The molecule has 0 aromatic carbocycles. The Labute approximate surface area is 139 Å². The summed E-state index contributed by atoms with van der Waals surface area (Å²) in [5.74, 6) is -2.76. The van der Waals surface area contributed by atoms with Crippen LogP contribution in [0.2, 0.25) is 0 Å². The van der Waals surface area contributed by atoms with Gasteiger partial charge in [-0.05, 0) is 19.9 Å². The predicted molar refractivity (Wildman–Crippen MR) is 76.0 cm³/mol. The van der Waals surface area contributed by atoms with Gasteiger partial charge < -0.3 is 10.4 Å². The van der Waals surface area contributed by atoms with Gasteiger partial charge in [0.05, 0.1) is 11.9 Å². The van der Waals surface area contributed by atoms with Crippen LogP contribution in [0.3, 0.4) is 0 Å². The summed E-state index contributed by atoms with van der Waals surface area (Å²) in [6, 6.07) is -1.52. The van der Waals surface area contributed by atoms with Crippen molar-refractivity contribution in [2.24, 2.45) is 7.05 Å². The molecule has 2 heterocycles. The van der Waals surface area contributed by atoms with Crippen molar-refractivity contribution in [1.82, 2.24) is 14.7 Å². The zero-order valence-electron chi connectivity index (χ0n) is 13.4. The Hall–Kier alpha value is -1.98. The van der Waals surface area contributed by atoms with E-state index in [2.05, 4.69) is 10.4 Å². The number of aliphatic carboxylic acids is 1. The molecule has 0 amide bonds. The Balaban J connectivity index is 0.000000381. The normalized spacial score (nSPS) is 22.1. The molecule has 2 rings (SSSR count). The highest BCUT2D eigenvalue weighted by atomic mass is 19.4. The first-order valence-corrected chi connectivity index (χ1v) is 7.13. The van der Waals surface area contributed by atoms with Crippen molar-refractivity contribution in [2.45, 2.75) is 37.3 Å². The lowest BCUT2D eigenvalue weighted by Gasteiger charge is -2.38. The van der Waals surface area contributed by atoms with Crippen molar-refractivity contribution in [3.63, 3.8) is 0 Å². The van der Waals surface area contributed by atoms with Gasteiger partial charge >= 0.3 is 18.3 Å². The largest absolute Gasteiger partial charge is 0.490 e. The van der Waals surface area contributed by atoms with Crippen LogP contribution in [0, 0.1) is 0 Å². The molecule has 0 spiro atoms. The van der Waals surface area contributed by atoms with Crippen LogP contribution in [0.25, 0.3) is 0 Å². The number of carbonyl (C=O) groups is 1. The fraction of sp³-hybridized carbons (Fsp3) is 0.692. The van der Waals surface area contributed by atoms with Gasteiger partial charge in [-0.1, -0.05) is 0 Å². The van der Waals surface area contributed by atoms with Crippen LogP contribution in [0.15, 0.2) is 12.4 Å². The van der Waals surface area contributed by atoms with Gasteiger partial charge in [0.1, 0.15) is 6.04 Å². The second kappa shape index (κ2) is 7.93. The number of carboxylic acid groups (broad SMARTS) is 1. The lowest BCUT2D eigenvalue weighted by atomic mass is 9.97. The zero-order chi connectivity index (χ0) is 19.4. The third-order valence-corrected chi connectivity index (χ3v) is 3.57. The molecular formula is C13H18F6N4O2. The summed E-state index contributed by atoms with van der Waals surface area (Å²) >= 11 is 0. The standard InChI is InChI=1S/C11H17F3N4.C2HF3O2/c1-17-4-3-8(5-10(17)11(12,13)14)16-9-6-15-18(2)7-9;3-2(4,5)1(6)7/h6-8,10,16H,3-5H2,1-2H3;(H,6,7). The second-order valence-electron chi connectivity index (χ2n) is 5.61. The molecule has 0 radical (unpaired) electrons. The summed E-state index contributed by atoms with van der Waals surface area (Å²) in [7, 11) is 3.30. The average molecular weight is 376 g/mol. The Kier molecular flexibility index (Phi) is 6.68. The maximum absolute atomic E-state index is 12.8. The number of piperidine rings is 1. The monoisotopic (exact) mass is 376 g/mol. The van der Waals surface area contributed by atoms with Crippen molar-refractivity contribution in [1.29, 1.82) is 0 Å². The summed E-state index contributed by atoms with van der Waals surface area (Å²) in [5, 5.41) is 14.2. The molecule has 144 valence electrons. The third-order valence-electron chi connectivity index (χ3n) is 3.57. The molecule has 12 heteroatoms. The van der Waals surface area contributed by atoms with Crippen LogP contribution in [-0.4, -0.2) is 63.8 Å². The maximum Gasteiger partial charge on any atom is 0.490 e. The predicted octanol–water partition coefficient (Wildman–Crippen LogP) is 2.49. The third kappa shape index (κ3) is 6.80. The number of anilines is 1. The van der Waals surface area contributed by atoms with E-state index >= 15 is 0 Å². The highest BCUT2D eigenvalue weighted by molar-refractivity contribution is 5.73. The number of likely N-dealkylation sites (tertiary alicyclic amines) is 1. The first-order valence-electron chi connectivity index (χ1n) is 7.13. The van der Waals surface area contributed by atoms with Gasteiger partial charge in [-0.3, -0.25) is 9.58 Å². The topological polar surface area (TPSA) is 70.4 Å². The average Bonchev–Trinajstić information content (AvgIpc) is 2.84. The van der Waals surface area contributed by atoms with E-state index in [1.165, 1.54) is 11.9 Å². The van der Waals surface area contributed by atoms with Crippen molar-refractivity contribution >= 4 is 11.7 Å². The SMILES string of the molecule is CN1CCC(Nc2cnn(C)c2)CC1C(F)(F)F.O=C(O)C(F)(F)F. The van der Waals surface area contributed by atoms with E-state index in [1.54, 1.807) is 24.1 Å². The van der Waals surface area contributed by atoms with Gasteiger partial charge in [0, 0.05) is 25.8 Å². The van der Waals surface area contributed by atoms with Gasteiger partial charge in [-0.2, -0.15) is 31.4 Å². The highest BCUT2D eigenvalue weighted by Gasteiger charge is 2.45. The molecule has 2 atom stereocenters. The van der Waals surface area contributed by atoms with Crippen molar-refractivity contribution in [2.75, 3.05) is 18.9 Å². The molecule has 1 aliphatic heterocycles. The first kappa shape index (κ1) is 21.1. The quantitative estimate of drug-likeness (QED) is 0.777. The summed E-state index contributed by atoms with van der Waals surface area (Å²) in [5.41, 5.74) is 0.771. The molecule has 6 nitrogen and oxygen atoms in total. The number of aromatic nitrogens is 2. The van der Waals surface area contributed by atoms with Crippen LogP contribution < -0.4 is 5.32 Å². The number of halogens is 6. The van der Waals surface area contributed by atoms with E-state index in [4.69, 9.17) is 9.90 Å². The number of nitrogens with one attached hydrogen (secondary N) is 1. The van der Waals surface area contributed by atoms with E-state index in [0.29, 0.717) is 13.0 Å². The molecule has 0 bridgehead atoms. The fourth-order valence-electron chi connectivity index (χ4n) is 2.33. The Morgan fingerprint density at radius 1 is 1.28 bits per heavy atom. The molecule has 1 aliphatic rings. The van der Waals surface area contributed by atoms with E-state index < -0.39 is 24.4 Å².